The van der Waals surface area contributed by atoms with Gasteiger partial charge in [-0.05, 0) is 24.0 Å². The van der Waals surface area contributed by atoms with E-state index in [1.165, 1.54) is 24.0 Å². The predicted octanol–water partition coefficient (Wildman–Crippen LogP) is 4.84. The number of benzene rings is 2. The third-order valence-corrected chi connectivity index (χ3v) is 6.07. The minimum absolute atomic E-state index is 0. The van der Waals surface area contributed by atoms with Gasteiger partial charge in [-0.25, -0.2) is 0 Å². The third kappa shape index (κ3) is 5.02. The van der Waals surface area contributed by atoms with E-state index < -0.39 is 0 Å². The van der Waals surface area contributed by atoms with Crippen LogP contribution in [0.5, 0.6) is 0 Å². The monoisotopic (exact) mass is 399 g/mol. The number of halogens is 1. The van der Waals surface area contributed by atoms with Crippen LogP contribution in [0.4, 0.5) is 0 Å². The van der Waals surface area contributed by atoms with Crippen LogP contribution in [0.3, 0.4) is 0 Å². The van der Waals surface area contributed by atoms with Crippen LogP contribution < -0.4 is 0 Å². The van der Waals surface area contributed by atoms with Crippen LogP contribution in [0.2, 0.25) is 0 Å². The number of likely N-dealkylation sites (tertiary alicyclic amines) is 1. The van der Waals surface area contributed by atoms with E-state index in [1.807, 2.05) is 0 Å². The molecule has 2 aromatic carbocycles. The molecular weight excluding hydrogens is 370 g/mol. The van der Waals surface area contributed by atoms with Crippen LogP contribution in [0.1, 0.15) is 49.1 Å². The minimum atomic E-state index is 0. The highest BCUT2D eigenvalue weighted by molar-refractivity contribution is 5.85. The van der Waals surface area contributed by atoms with Crippen molar-refractivity contribution >= 4 is 18.2 Å². The molecule has 1 saturated heterocycles. The van der Waals surface area contributed by atoms with Crippen molar-refractivity contribution in [3.05, 3.63) is 71.8 Å². The molecule has 2 atom stereocenters. The predicted molar refractivity (Wildman–Crippen MR) is 115 cm³/mol. The Balaban J connectivity index is 0.00000225. The first-order chi connectivity index (χ1) is 13.3. The SMILES string of the molecule is Cl.O=C1CCN([C@@H]2CCCC[C@H]2OCC(c2ccccc2)c2ccccc2)C1. The van der Waals surface area contributed by atoms with E-state index in [0.29, 0.717) is 31.4 Å². The average molecular weight is 400 g/mol. The summed E-state index contributed by atoms with van der Waals surface area (Å²) >= 11 is 0. The summed E-state index contributed by atoms with van der Waals surface area (Å²) < 4.78 is 6.56. The lowest BCUT2D eigenvalue weighted by Crippen LogP contribution is -2.46. The van der Waals surface area contributed by atoms with Gasteiger partial charge in [-0.3, -0.25) is 9.69 Å². The molecular formula is C24H30ClNO2. The Hall–Kier alpha value is -1.68. The maximum atomic E-state index is 11.8. The lowest BCUT2D eigenvalue weighted by molar-refractivity contribution is -0.117. The van der Waals surface area contributed by atoms with E-state index in [9.17, 15) is 4.79 Å². The maximum absolute atomic E-state index is 11.8. The first-order valence-corrected chi connectivity index (χ1v) is 10.3. The largest absolute Gasteiger partial charge is 0.376 e. The van der Waals surface area contributed by atoms with Crippen molar-refractivity contribution < 1.29 is 9.53 Å². The van der Waals surface area contributed by atoms with Gasteiger partial charge in [0.1, 0.15) is 5.78 Å². The fraction of sp³-hybridized carbons (Fsp3) is 0.458. The summed E-state index contributed by atoms with van der Waals surface area (Å²) in [5, 5.41) is 0. The summed E-state index contributed by atoms with van der Waals surface area (Å²) in [4.78, 5) is 14.1. The fourth-order valence-electron chi connectivity index (χ4n) is 4.60. The highest BCUT2D eigenvalue weighted by Crippen LogP contribution is 2.31. The Morgan fingerprint density at radius 2 is 1.54 bits per heavy atom. The highest BCUT2D eigenvalue weighted by Gasteiger charge is 2.35. The first kappa shape index (κ1) is 21.0. The zero-order valence-electron chi connectivity index (χ0n) is 16.3. The van der Waals surface area contributed by atoms with Crippen molar-refractivity contribution in [1.29, 1.82) is 0 Å². The number of carbonyl (C=O) groups is 1. The molecule has 2 fully saturated rings. The zero-order valence-corrected chi connectivity index (χ0v) is 17.2. The summed E-state index contributed by atoms with van der Waals surface area (Å²) in [6.45, 7) is 2.21. The number of rotatable bonds is 6. The number of Topliss-reactive ketones (excluding diaryl/α,β-unsaturated/α-hetero) is 1. The van der Waals surface area contributed by atoms with Gasteiger partial charge in [-0.2, -0.15) is 0 Å². The zero-order chi connectivity index (χ0) is 18.5. The fourth-order valence-corrected chi connectivity index (χ4v) is 4.60. The van der Waals surface area contributed by atoms with E-state index in [0.717, 1.165) is 19.4 Å². The van der Waals surface area contributed by atoms with Crippen LogP contribution >= 0.6 is 12.4 Å². The van der Waals surface area contributed by atoms with Gasteiger partial charge in [0.2, 0.25) is 0 Å². The summed E-state index contributed by atoms with van der Waals surface area (Å²) in [6.07, 6.45) is 5.67. The lowest BCUT2D eigenvalue weighted by Gasteiger charge is -2.38. The molecule has 4 rings (SSSR count). The second kappa shape index (κ2) is 10.2. The van der Waals surface area contributed by atoms with Gasteiger partial charge in [0, 0.05) is 24.9 Å². The molecule has 150 valence electrons. The molecule has 0 unspecified atom stereocenters. The number of ketones is 1. The van der Waals surface area contributed by atoms with E-state index in [2.05, 4.69) is 65.6 Å². The second-order valence-corrected chi connectivity index (χ2v) is 7.86. The molecule has 1 saturated carbocycles. The van der Waals surface area contributed by atoms with Crippen LogP contribution in [0, 0.1) is 0 Å². The van der Waals surface area contributed by atoms with Crippen molar-refractivity contribution in [1.82, 2.24) is 4.90 Å². The van der Waals surface area contributed by atoms with Gasteiger partial charge < -0.3 is 4.74 Å². The Bertz CT molecular complexity index is 697. The van der Waals surface area contributed by atoms with Crippen LogP contribution in [0.25, 0.3) is 0 Å². The van der Waals surface area contributed by atoms with Crippen molar-refractivity contribution in [2.24, 2.45) is 0 Å². The lowest BCUT2D eigenvalue weighted by atomic mass is 9.90. The van der Waals surface area contributed by atoms with E-state index >= 15 is 0 Å². The summed E-state index contributed by atoms with van der Waals surface area (Å²) in [6, 6.07) is 21.7. The average Bonchev–Trinajstić information content (AvgIpc) is 3.16. The van der Waals surface area contributed by atoms with Crippen molar-refractivity contribution in [2.45, 2.75) is 50.2 Å². The summed E-state index contributed by atoms with van der Waals surface area (Å²) in [7, 11) is 0. The van der Waals surface area contributed by atoms with Crippen molar-refractivity contribution in [3.63, 3.8) is 0 Å². The molecule has 0 amide bonds. The molecule has 0 N–H and O–H groups in total. The molecule has 0 spiro atoms. The molecule has 2 aliphatic rings. The Kier molecular flexibility index (Phi) is 7.66. The number of hydrogen-bond donors (Lipinski definition) is 0. The second-order valence-electron chi connectivity index (χ2n) is 7.86. The van der Waals surface area contributed by atoms with Crippen molar-refractivity contribution in [3.8, 4) is 0 Å². The third-order valence-electron chi connectivity index (χ3n) is 6.07. The first-order valence-electron chi connectivity index (χ1n) is 10.3. The van der Waals surface area contributed by atoms with Gasteiger partial charge in [-0.1, -0.05) is 73.5 Å². The molecule has 0 aromatic heterocycles. The van der Waals surface area contributed by atoms with Gasteiger partial charge in [-0.15, -0.1) is 12.4 Å². The number of ether oxygens (including phenoxy) is 1. The Morgan fingerprint density at radius 1 is 0.929 bits per heavy atom. The molecule has 3 nitrogen and oxygen atoms in total. The molecule has 28 heavy (non-hydrogen) atoms. The maximum Gasteiger partial charge on any atom is 0.148 e. The Labute approximate surface area is 174 Å². The van der Waals surface area contributed by atoms with Gasteiger partial charge in [0.05, 0.1) is 19.3 Å². The van der Waals surface area contributed by atoms with Crippen LogP contribution in [0.15, 0.2) is 60.7 Å². The van der Waals surface area contributed by atoms with Crippen LogP contribution in [-0.2, 0) is 9.53 Å². The minimum Gasteiger partial charge on any atom is -0.376 e. The molecule has 1 aliphatic carbocycles. The summed E-state index contributed by atoms with van der Waals surface area (Å²) in [5.41, 5.74) is 2.60. The standard InChI is InChI=1S/C24H29NO2.ClH/c26-21-15-16-25(17-21)23-13-7-8-14-24(23)27-18-22(19-9-3-1-4-10-19)20-11-5-2-6-12-20;/h1-6,9-12,22-24H,7-8,13-18H2;1H/t23-,24-;/m1./s1. The van der Waals surface area contributed by atoms with E-state index in [-0.39, 0.29) is 24.4 Å². The molecule has 1 heterocycles. The quantitative estimate of drug-likeness (QED) is 0.695. The number of nitrogens with zero attached hydrogens (tertiary/aromatic N) is 1. The van der Waals surface area contributed by atoms with E-state index in [1.54, 1.807) is 0 Å². The smallest absolute Gasteiger partial charge is 0.148 e. The number of hydrogen-bond acceptors (Lipinski definition) is 3. The van der Waals surface area contributed by atoms with Crippen LogP contribution in [-0.4, -0.2) is 42.5 Å². The normalized spacial score (nSPS) is 23.0. The molecule has 0 bridgehead atoms. The number of carbonyl (C=O) groups excluding carboxylic acids is 1. The Morgan fingerprint density at radius 3 is 2.11 bits per heavy atom. The van der Waals surface area contributed by atoms with Gasteiger partial charge in [0.15, 0.2) is 0 Å². The highest BCUT2D eigenvalue weighted by atomic mass is 35.5. The molecule has 1 aliphatic heterocycles. The van der Waals surface area contributed by atoms with E-state index in [4.69, 9.17) is 4.74 Å². The van der Waals surface area contributed by atoms with Gasteiger partial charge >= 0.3 is 0 Å². The molecule has 4 heteroatoms. The van der Waals surface area contributed by atoms with Gasteiger partial charge in [0.25, 0.3) is 0 Å². The summed E-state index contributed by atoms with van der Waals surface area (Å²) in [5.74, 6) is 0.626. The molecule has 0 radical (unpaired) electrons. The van der Waals surface area contributed by atoms with Crippen molar-refractivity contribution in [2.75, 3.05) is 19.7 Å². The topological polar surface area (TPSA) is 29.5 Å². The molecule has 2 aromatic rings.